The Hall–Kier alpha value is -1.56. The van der Waals surface area contributed by atoms with E-state index in [-0.39, 0.29) is 24.4 Å². The second-order valence-corrected chi connectivity index (χ2v) is 3.79. The molecule has 1 rings (SSSR count). The van der Waals surface area contributed by atoms with Gasteiger partial charge in [0.1, 0.15) is 5.02 Å². The number of ether oxygens (including phenoxy) is 2. The van der Waals surface area contributed by atoms with Crippen molar-refractivity contribution in [3.8, 4) is 6.01 Å². The van der Waals surface area contributed by atoms with Crippen LogP contribution in [0.3, 0.4) is 0 Å². The van der Waals surface area contributed by atoms with Crippen molar-refractivity contribution in [2.24, 2.45) is 0 Å². The number of halogens is 1. The number of hydrogen-bond acceptors (Lipinski definition) is 6. The quantitative estimate of drug-likeness (QED) is 0.808. The smallest absolute Gasteiger partial charge is 0.318 e. The molecule has 1 aromatic rings. The first-order chi connectivity index (χ1) is 8.06. The highest BCUT2D eigenvalue weighted by Gasteiger charge is 2.12. The van der Waals surface area contributed by atoms with Crippen LogP contribution in [0.2, 0.25) is 5.02 Å². The van der Waals surface area contributed by atoms with Crippen LogP contribution < -0.4 is 10.1 Å². The van der Waals surface area contributed by atoms with Crippen molar-refractivity contribution in [2.45, 2.75) is 19.4 Å². The third kappa shape index (κ3) is 4.07. The van der Waals surface area contributed by atoms with E-state index in [0.29, 0.717) is 10.8 Å². The van der Waals surface area contributed by atoms with Crippen LogP contribution in [0.25, 0.3) is 0 Å². The largest absolute Gasteiger partial charge is 0.469 e. The van der Waals surface area contributed by atoms with Gasteiger partial charge < -0.3 is 14.8 Å². The van der Waals surface area contributed by atoms with Crippen LogP contribution in [0.15, 0.2) is 6.20 Å². The molecule has 1 heterocycles. The molecule has 0 aromatic carbocycles. The molecule has 6 nitrogen and oxygen atoms in total. The summed E-state index contributed by atoms with van der Waals surface area (Å²) in [5.74, 6) is 0.122. The number of nitrogens with one attached hydrogen (secondary N) is 1. The van der Waals surface area contributed by atoms with E-state index < -0.39 is 0 Å². The summed E-state index contributed by atoms with van der Waals surface area (Å²) in [5, 5.41) is 3.35. The number of nitrogens with zero attached hydrogens (tertiary/aromatic N) is 2. The van der Waals surface area contributed by atoms with Crippen molar-refractivity contribution >= 4 is 23.4 Å². The van der Waals surface area contributed by atoms with Gasteiger partial charge >= 0.3 is 12.0 Å². The summed E-state index contributed by atoms with van der Waals surface area (Å²) in [6.45, 7) is 1.82. The molecule has 0 spiro atoms. The topological polar surface area (TPSA) is 73.3 Å². The molecule has 0 radical (unpaired) electrons. The minimum absolute atomic E-state index is 0.153. The Labute approximate surface area is 104 Å². The first-order valence-electron chi connectivity index (χ1n) is 4.96. The average Bonchev–Trinajstić information content (AvgIpc) is 2.31. The van der Waals surface area contributed by atoms with Gasteiger partial charge in [0.2, 0.25) is 0 Å². The van der Waals surface area contributed by atoms with Gasteiger partial charge in [-0.1, -0.05) is 11.6 Å². The summed E-state index contributed by atoms with van der Waals surface area (Å²) in [4.78, 5) is 18.9. The molecule has 17 heavy (non-hydrogen) atoms. The van der Waals surface area contributed by atoms with Crippen LogP contribution in [0.1, 0.15) is 13.3 Å². The average molecular weight is 260 g/mol. The number of anilines is 1. The van der Waals surface area contributed by atoms with Gasteiger partial charge in [0.15, 0.2) is 5.82 Å². The van der Waals surface area contributed by atoms with E-state index in [1.54, 1.807) is 0 Å². The number of carbonyl (C=O) groups is 1. The molecule has 0 bridgehead atoms. The molecular weight excluding hydrogens is 246 g/mol. The Kier molecular flexibility index (Phi) is 4.96. The predicted molar refractivity (Wildman–Crippen MR) is 63.3 cm³/mol. The minimum atomic E-state index is -0.304. The molecule has 0 saturated heterocycles. The second kappa shape index (κ2) is 6.24. The number of aromatic nitrogens is 2. The Morgan fingerprint density at radius 2 is 2.29 bits per heavy atom. The predicted octanol–water partition coefficient (Wildman–Crippen LogP) is 1.50. The Morgan fingerprint density at radius 3 is 2.88 bits per heavy atom. The van der Waals surface area contributed by atoms with E-state index in [4.69, 9.17) is 16.3 Å². The fraction of sp³-hybridized carbons (Fsp3) is 0.500. The zero-order valence-corrected chi connectivity index (χ0v) is 10.6. The third-order valence-corrected chi connectivity index (χ3v) is 2.26. The molecule has 94 valence electrons. The lowest BCUT2D eigenvalue weighted by Crippen LogP contribution is -2.21. The van der Waals surface area contributed by atoms with Crippen molar-refractivity contribution in [1.29, 1.82) is 0 Å². The van der Waals surface area contributed by atoms with Gasteiger partial charge in [-0.3, -0.25) is 4.79 Å². The fourth-order valence-electron chi connectivity index (χ4n) is 1.17. The number of hydrogen-bond donors (Lipinski definition) is 1. The van der Waals surface area contributed by atoms with E-state index in [2.05, 4.69) is 20.0 Å². The summed E-state index contributed by atoms with van der Waals surface area (Å²) in [6, 6.07) is 0.0572. The molecule has 1 N–H and O–H groups in total. The summed E-state index contributed by atoms with van der Waals surface area (Å²) >= 11 is 5.91. The highest BCUT2D eigenvalue weighted by molar-refractivity contribution is 6.32. The van der Waals surface area contributed by atoms with Gasteiger partial charge in [-0.15, -0.1) is 0 Å². The first-order valence-corrected chi connectivity index (χ1v) is 5.34. The van der Waals surface area contributed by atoms with Crippen molar-refractivity contribution in [3.63, 3.8) is 0 Å². The van der Waals surface area contributed by atoms with Gasteiger partial charge in [-0.2, -0.15) is 4.98 Å². The summed E-state index contributed by atoms with van der Waals surface area (Å²) < 4.78 is 9.45. The zero-order chi connectivity index (χ0) is 12.8. The van der Waals surface area contributed by atoms with Gasteiger partial charge in [-0.25, -0.2) is 4.98 Å². The highest BCUT2D eigenvalue weighted by Crippen LogP contribution is 2.21. The SMILES string of the molecule is COC(=O)CC(C)Nc1nc(OC)ncc1Cl. The van der Waals surface area contributed by atoms with Gasteiger partial charge in [-0.05, 0) is 6.92 Å². The third-order valence-electron chi connectivity index (χ3n) is 1.99. The number of methoxy groups -OCH3 is 2. The van der Waals surface area contributed by atoms with Gasteiger partial charge in [0, 0.05) is 6.04 Å². The molecule has 0 aliphatic heterocycles. The number of rotatable bonds is 5. The molecule has 0 amide bonds. The molecular formula is C10H14ClN3O3. The van der Waals surface area contributed by atoms with Gasteiger partial charge in [0.05, 0.1) is 26.8 Å². The fourth-order valence-corrected chi connectivity index (χ4v) is 1.31. The van der Waals surface area contributed by atoms with Crippen LogP contribution in [0, 0.1) is 0 Å². The van der Waals surface area contributed by atoms with Crippen LogP contribution in [0.5, 0.6) is 6.01 Å². The van der Waals surface area contributed by atoms with Crippen molar-refractivity contribution < 1.29 is 14.3 Å². The van der Waals surface area contributed by atoms with Crippen LogP contribution in [-0.4, -0.2) is 36.2 Å². The molecule has 1 atom stereocenters. The maximum atomic E-state index is 11.1. The monoisotopic (exact) mass is 259 g/mol. The van der Waals surface area contributed by atoms with Crippen LogP contribution in [-0.2, 0) is 9.53 Å². The van der Waals surface area contributed by atoms with Crippen LogP contribution in [0.4, 0.5) is 5.82 Å². The first kappa shape index (κ1) is 13.5. The highest BCUT2D eigenvalue weighted by atomic mass is 35.5. The number of esters is 1. The zero-order valence-electron chi connectivity index (χ0n) is 9.86. The van der Waals surface area contributed by atoms with Gasteiger partial charge in [0.25, 0.3) is 0 Å². The van der Waals surface area contributed by atoms with E-state index in [9.17, 15) is 4.79 Å². The normalized spacial score (nSPS) is 11.8. The lowest BCUT2D eigenvalue weighted by Gasteiger charge is -2.14. The lowest BCUT2D eigenvalue weighted by atomic mass is 10.2. The number of carbonyl (C=O) groups excluding carboxylic acids is 1. The Bertz CT molecular complexity index is 400. The Balaban J connectivity index is 2.70. The standard InChI is InChI=1S/C10H14ClN3O3/c1-6(4-8(15)16-2)13-9-7(11)5-12-10(14-9)17-3/h5-6H,4H2,1-3H3,(H,12,13,14). The van der Waals surface area contributed by atoms with E-state index >= 15 is 0 Å². The lowest BCUT2D eigenvalue weighted by molar-refractivity contribution is -0.140. The van der Waals surface area contributed by atoms with E-state index in [0.717, 1.165) is 0 Å². The molecule has 1 unspecified atom stereocenters. The summed E-state index contributed by atoms with van der Waals surface area (Å²) in [7, 11) is 2.81. The minimum Gasteiger partial charge on any atom is -0.469 e. The molecule has 1 aromatic heterocycles. The second-order valence-electron chi connectivity index (χ2n) is 3.38. The maximum absolute atomic E-state index is 11.1. The Morgan fingerprint density at radius 1 is 1.59 bits per heavy atom. The van der Waals surface area contributed by atoms with E-state index in [1.165, 1.54) is 20.4 Å². The van der Waals surface area contributed by atoms with Crippen LogP contribution >= 0.6 is 11.6 Å². The molecule has 0 saturated carbocycles. The molecule has 0 fully saturated rings. The van der Waals surface area contributed by atoms with E-state index in [1.807, 2.05) is 6.92 Å². The maximum Gasteiger partial charge on any atom is 0.318 e. The van der Waals surface area contributed by atoms with Crippen molar-refractivity contribution in [2.75, 3.05) is 19.5 Å². The molecule has 0 aliphatic rings. The van der Waals surface area contributed by atoms with Crippen molar-refractivity contribution in [1.82, 2.24) is 9.97 Å². The molecule has 0 aliphatic carbocycles. The summed E-state index contributed by atoms with van der Waals surface area (Å²) in [6.07, 6.45) is 1.65. The summed E-state index contributed by atoms with van der Waals surface area (Å²) in [5.41, 5.74) is 0. The molecule has 7 heteroatoms. The van der Waals surface area contributed by atoms with Crippen molar-refractivity contribution in [3.05, 3.63) is 11.2 Å².